The summed E-state index contributed by atoms with van der Waals surface area (Å²) in [5.41, 5.74) is 2.68. The second kappa shape index (κ2) is 7.55. The van der Waals surface area contributed by atoms with Crippen molar-refractivity contribution in [1.82, 2.24) is 9.88 Å². The molecule has 1 aliphatic rings. The van der Waals surface area contributed by atoms with Crippen LogP contribution in [0, 0.1) is 6.92 Å². The summed E-state index contributed by atoms with van der Waals surface area (Å²) >= 11 is 0. The molecule has 1 aliphatic heterocycles. The molecule has 2 aromatic rings. The zero-order valence-electron chi connectivity index (χ0n) is 13.9. The highest BCUT2D eigenvalue weighted by Crippen LogP contribution is 2.26. The van der Waals surface area contributed by atoms with E-state index in [-0.39, 0.29) is 18.1 Å². The molecule has 0 aliphatic carbocycles. The van der Waals surface area contributed by atoms with Crippen LogP contribution in [0.4, 0.5) is 5.69 Å². The van der Waals surface area contributed by atoms with Gasteiger partial charge in [-0.1, -0.05) is 30.3 Å². The fraction of sp³-hybridized carbons (Fsp3) is 0.368. The number of benzene rings is 1. The van der Waals surface area contributed by atoms with Gasteiger partial charge in [0.15, 0.2) is 0 Å². The second-order valence-electron chi connectivity index (χ2n) is 6.32. The summed E-state index contributed by atoms with van der Waals surface area (Å²) in [6.07, 6.45) is 4.55. The third kappa shape index (κ3) is 3.99. The summed E-state index contributed by atoms with van der Waals surface area (Å²) < 4.78 is 0. The Bertz CT molecular complexity index is 682. The molecule has 1 fully saturated rings. The van der Waals surface area contributed by atoms with Crippen LogP contribution in [0.25, 0.3) is 0 Å². The van der Waals surface area contributed by atoms with Crippen LogP contribution in [-0.4, -0.2) is 40.1 Å². The molecule has 5 nitrogen and oxygen atoms in total. The number of aliphatic hydroxyl groups excluding tert-OH is 1. The maximum Gasteiger partial charge on any atom is 0.246 e. The van der Waals surface area contributed by atoms with Crippen LogP contribution in [0.3, 0.4) is 0 Å². The lowest BCUT2D eigenvalue weighted by Crippen LogP contribution is -2.43. The van der Waals surface area contributed by atoms with E-state index >= 15 is 0 Å². The Morgan fingerprint density at radius 2 is 1.96 bits per heavy atom. The fourth-order valence-corrected chi connectivity index (χ4v) is 3.14. The van der Waals surface area contributed by atoms with Crippen LogP contribution in [0.2, 0.25) is 0 Å². The van der Waals surface area contributed by atoms with Gasteiger partial charge in [0.05, 0.1) is 18.0 Å². The van der Waals surface area contributed by atoms with Crippen LogP contribution in [-0.2, 0) is 4.79 Å². The van der Waals surface area contributed by atoms with Crippen molar-refractivity contribution in [1.29, 1.82) is 0 Å². The number of aliphatic hydroxyl groups is 1. The Labute approximate surface area is 142 Å². The lowest BCUT2D eigenvalue weighted by atomic mass is 9.99. The summed E-state index contributed by atoms with van der Waals surface area (Å²) in [7, 11) is 0. The van der Waals surface area contributed by atoms with Crippen molar-refractivity contribution < 1.29 is 9.90 Å². The van der Waals surface area contributed by atoms with Crippen LogP contribution >= 0.6 is 0 Å². The van der Waals surface area contributed by atoms with E-state index in [9.17, 15) is 9.90 Å². The van der Waals surface area contributed by atoms with Crippen LogP contribution in [0.5, 0.6) is 0 Å². The first-order chi connectivity index (χ1) is 11.6. The van der Waals surface area contributed by atoms with Crippen molar-refractivity contribution in [3.63, 3.8) is 0 Å². The summed E-state index contributed by atoms with van der Waals surface area (Å²) in [5.74, 6) is -0.0648. The number of aromatic nitrogens is 1. The maximum atomic E-state index is 13.0. The number of hydrogen-bond donors (Lipinski definition) is 2. The molecule has 1 aromatic heterocycles. The van der Waals surface area contributed by atoms with Crippen molar-refractivity contribution in [2.24, 2.45) is 0 Å². The van der Waals surface area contributed by atoms with Crippen LogP contribution < -0.4 is 5.32 Å². The van der Waals surface area contributed by atoms with Gasteiger partial charge < -0.3 is 10.4 Å². The van der Waals surface area contributed by atoms with Gasteiger partial charge in [-0.3, -0.25) is 14.7 Å². The molecule has 5 heteroatoms. The molecular weight excluding hydrogens is 302 g/mol. The molecule has 1 aromatic carbocycles. The summed E-state index contributed by atoms with van der Waals surface area (Å²) in [4.78, 5) is 19.2. The first-order valence-corrected chi connectivity index (χ1v) is 8.33. The van der Waals surface area contributed by atoms with Gasteiger partial charge in [-0.05, 0) is 37.0 Å². The number of aryl methyl sites for hydroxylation is 1. The van der Waals surface area contributed by atoms with E-state index in [2.05, 4.69) is 15.2 Å². The van der Waals surface area contributed by atoms with Gasteiger partial charge in [-0.15, -0.1) is 0 Å². The molecule has 126 valence electrons. The van der Waals surface area contributed by atoms with E-state index in [4.69, 9.17) is 0 Å². The van der Waals surface area contributed by atoms with Crippen LogP contribution in [0.1, 0.15) is 30.0 Å². The number of anilines is 1. The molecule has 0 unspecified atom stereocenters. The lowest BCUT2D eigenvalue weighted by molar-refractivity contribution is -0.122. The molecule has 1 saturated heterocycles. The predicted molar refractivity (Wildman–Crippen MR) is 93.6 cm³/mol. The fourth-order valence-electron chi connectivity index (χ4n) is 3.14. The van der Waals surface area contributed by atoms with Crippen molar-refractivity contribution >= 4 is 11.6 Å². The molecular formula is C19H23N3O2. The number of piperidine rings is 1. The highest BCUT2D eigenvalue weighted by Gasteiger charge is 2.30. The van der Waals surface area contributed by atoms with E-state index in [1.807, 2.05) is 43.3 Å². The Kier molecular flexibility index (Phi) is 5.23. The van der Waals surface area contributed by atoms with E-state index in [1.165, 1.54) is 0 Å². The van der Waals surface area contributed by atoms with Gasteiger partial charge in [-0.25, -0.2) is 0 Å². The quantitative estimate of drug-likeness (QED) is 0.906. The van der Waals surface area contributed by atoms with Crippen molar-refractivity contribution in [3.8, 4) is 0 Å². The minimum Gasteiger partial charge on any atom is -0.393 e. The van der Waals surface area contributed by atoms with E-state index in [0.29, 0.717) is 31.6 Å². The van der Waals surface area contributed by atoms with Gasteiger partial charge in [0.2, 0.25) is 5.91 Å². The molecule has 0 radical (unpaired) electrons. The highest BCUT2D eigenvalue weighted by molar-refractivity contribution is 5.95. The Morgan fingerprint density at radius 3 is 2.62 bits per heavy atom. The minimum atomic E-state index is -0.362. The summed E-state index contributed by atoms with van der Waals surface area (Å²) in [6, 6.07) is 11.3. The number of carbonyl (C=O) groups is 1. The zero-order valence-corrected chi connectivity index (χ0v) is 13.9. The summed E-state index contributed by atoms with van der Waals surface area (Å²) in [5, 5.41) is 12.7. The normalized spacial score (nSPS) is 17.4. The zero-order chi connectivity index (χ0) is 16.9. The minimum absolute atomic E-state index is 0.0648. The molecule has 0 bridgehead atoms. The largest absolute Gasteiger partial charge is 0.393 e. The monoisotopic (exact) mass is 325 g/mol. The number of pyridine rings is 1. The van der Waals surface area contributed by atoms with E-state index < -0.39 is 0 Å². The third-order valence-corrected chi connectivity index (χ3v) is 4.37. The van der Waals surface area contributed by atoms with Crippen molar-refractivity contribution in [2.75, 3.05) is 18.4 Å². The highest BCUT2D eigenvalue weighted by atomic mass is 16.3. The van der Waals surface area contributed by atoms with E-state index in [1.54, 1.807) is 12.4 Å². The van der Waals surface area contributed by atoms with E-state index in [0.717, 1.165) is 11.1 Å². The molecule has 0 spiro atoms. The number of likely N-dealkylation sites (tertiary alicyclic amines) is 1. The second-order valence-corrected chi connectivity index (χ2v) is 6.32. The number of hydrogen-bond acceptors (Lipinski definition) is 4. The van der Waals surface area contributed by atoms with Crippen LogP contribution in [0.15, 0.2) is 48.8 Å². The predicted octanol–water partition coefficient (Wildman–Crippen LogP) is 2.53. The van der Waals surface area contributed by atoms with Gasteiger partial charge in [-0.2, -0.15) is 0 Å². The number of carbonyl (C=O) groups excluding carboxylic acids is 1. The van der Waals surface area contributed by atoms with Crippen molar-refractivity contribution in [3.05, 3.63) is 59.9 Å². The first kappa shape index (κ1) is 16.6. The molecule has 24 heavy (non-hydrogen) atoms. The third-order valence-electron chi connectivity index (χ3n) is 4.37. The first-order valence-electron chi connectivity index (χ1n) is 8.33. The SMILES string of the molecule is Cc1cncc(NC(=O)[C@H](c2ccccc2)N2CCC(O)CC2)c1. The molecule has 3 rings (SSSR count). The van der Waals surface area contributed by atoms with Gasteiger partial charge >= 0.3 is 0 Å². The average Bonchev–Trinajstić information content (AvgIpc) is 2.58. The topological polar surface area (TPSA) is 65.5 Å². The summed E-state index contributed by atoms with van der Waals surface area (Å²) in [6.45, 7) is 3.36. The average molecular weight is 325 g/mol. The molecule has 1 atom stereocenters. The van der Waals surface area contributed by atoms with Gasteiger partial charge in [0.1, 0.15) is 6.04 Å². The number of nitrogens with zero attached hydrogens (tertiary/aromatic N) is 2. The Balaban J connectivity index is 1.82. The number of nitrogens with one attached hydrogen (secondary N) is 1. The number of rotatable bonds is 4. The van der Waals surface area contributed by atoms with Gasteiger partial charge in [0.25, 0.3) is 0 Å². The molecule has 2 N–H and O–H groups in total. The Morgan fingerprint density at radius 1 is 1.25 bits per heavy atom. The van der Waals surface area contributed by atoms with Crippen molar-refractivity contribution in [2.45, 2.75) is 31.9 Å². The number of amides is 1. The van der Waals surface area contributed by atoms with Gasteiger partial charge in [0, 0.05) is 19.3 Å². The lowest BCUT2D eigenvalue weighted by Gasteiger charge is -2.35. The molecule has 1 amide bonds. The molecule has 0 saturated carbocycles. The maximum absolute atomic E-state index is 13.0. The Hall–Kier alpha value is -2.24. The smallest absolute Gasteiger partial charge is 0.246 e. The standard InChI is InChI=1S/C19H23N3O2/c1-14-11-16(13-20-12-14)21-19(24)18(15-5-3-2-4-6-15)22-9-7-17(23)8-10-22/h2-6,11-13,17-18,23H,7-10H2,1H3,(H,21,24)/t18-/m0/s1. The molecule has 2 heterocycles.